The summed E-state index contributed by atoms with van der Waals surface area (Å²) in [7, 11) is 0. The monoisotopic (exact) mass is 199 g/mol. The van der Waals surface area contributed by atoms with E-state index in [1.54, 1.807) is 0 Å². The fourth-order valence-electron chi connectivity index (χ4n) is 0. The van der Waals surface area contributed by atoms with Crippen LogP contribution in [0, 0.1) is 0 Å². The predicted octanol–water partition coefficient (Wildman–Crippen LogP) is -0.245. The Morgan fingerprint density at radius 2 is 0.800 bits per heavy atom. The van der Waals surface area contributed by atoms with Crippen LogP contribution in [-0.4, -0.2) is 0 Å². The van der Waals surface area contributed by atoms with E-state index < -0.39 is 0 Å². The molecule has 0 rings (SSSR count). The maximum atomic E-state index is 0. The van der Waals surface area contributed by atoms with E-state index in [0.29, 0.717) is 0 Å². The van der Waals surface area contributed by atoms with E-state index in [1.165, 1.54) is 0 Å². The van der Waals surface area contributed by atoms with E-state index in [1.807, 2.05) is 0 Å². The molecule has 0 heterocycles. The number of hydrogen-bond donors (Lipinski definition) is 0. The zero-order chi connectivity index (χ0) is 0. The Labute approximate surface area is 66.5 Å². The molecule has 0 aromatic carbocycles. The second-order valence-corrected chi connectivity index (χ2v) is 0. The normalized spacial score (nSPS) is 0. The van der Waals surface area contributed by atoms with Crippen molar-refractivity contribution in [1.29, 1.82) is 0 Å². The molecule has 0 aliphatic heterocycles. The second-order valence-electron chi connectivity index (χ2n) is 0. The third-order valence-corrected chi connectivity index (χ3v) is 0. The van der Waals surface area contributed by atoms with Crippen LogP contribution < -0.4 is 0 Å². The van der Waals surface area contributed by atoms with E-state index in [9.17, 15) is 0 Å². The van der Waals surface area contributed by atoms with Gasteiger partial charge in [0, 0.05) is 34.1 Å². The zero-order valence-corrected chi connectivity index (χ0v) is 5.58. The van der Waals surface area contributed by atoms with E-state index in [4.69, 9.17) is 0 Å². The first-order valence-electron chi connectivity index (χ1n) is 0. The molecule has 0 aliphatic carbocycles. The summed E-state index contributed by atoms with van der Waals surface area (Å²) in [6, 6.07) is 0. The molecule has 35 valence electrons. The molecule has 0 aliphatic rings. The Bertz CT molecular complexity index is 9.61. The van der Waals surface area contributed by atoms with Crippen LogP contribution in [0.1, 0.15) is 0 Å². The average Bonchev–Trinajstić information content (AvgIpc) is 0. The minimum absolute atomic E-state index is 0. The van der Waals surface area contributed by atoms with Crippen molar-refractivity contribution in [2.45, 2.75) is 0 Å². The van der Waals surface area contributed by atoms with Gasteiger partial charge < -0.3 is 11.0 Å². The van der Waals surface area contributed by atoms with Gasteiger partial charge in [-0.2, -0.15) is 0 Å². The summed E-state index contributed by atoms with van der Waals surface area (Å²) in [5.74, 6) is 0. The predicted molar refractivity (Wildman–Crippen MR) is 1.37 cm³/mol. The average molecular weight is 199 g/mol. The molecule has 0 spiro atoms. The van der Waals surface area contributed by atoms with Gasteiger partial charge in [-0.15, -0.1) is 0 Å². The van der Waals surface area contributed by atoms with Crippen molar-refractivity contribution in [3.8, 4) is 0 Å². The Morgan fingerprint density at radius 1 is 0.800 bits per heavy atom. The minimum Gasteiger partial charge on any atom is -2.00 e. The fraction of sp³-hybridized carbons (Fsp3) is 0. The molecule has 0 aromatic rings. The van der Waals surface area contributed by atoms with Gasteiger partial charge in [-0.1, -0.05) is 0 Å². The summed E-state index contributed by atoms with van der Waals surface area (Å²) >= 11 is 0. The van der Waals surface area contributed by atoms with E-state index in [2.05, 4.69) is 0 Å². The Kier molecular flexibility index (Phi) is 679. The largest absolute Gasteiger partial charge is 4.00 e. The third kappa shape index (κ3) is 27.3. The van der Waals surface area contributed by atoms with Crippen LogP contribution in [0.25, 0.3) is 0 Å². The summed E-state index contributed by atoms with van der Waals surface area (Å²) in [4.78, 5) is 0. The Morgan fingerprint density at radius 3 is 0.800 bits per heavy atom. The first kappa shape index (κ1) is 76.7. The summed E-state index contributed by atoms with van der Waals surface area (Å²) in [6.07, 6.45) is 0. The molecule has 1 radical (unpaired) electrons. The fourth-order valence-corrected chi connectivity index (χ4v) is 0. The molecule has 0 saturated carbocycles. The zero-order valence-electron chi connectivity index (χ0n) is 1.97. The molecule has 0 fully saturated rings. The van der Waals surface area contributed by atoms with Crippen LogP contribution in [-0.2, 0) is 66.8 Å². The molecule has 0 saturated heterocycles. The van der Waals surface area contributed by atoms with Gasteiger partial charge in [-0.05, 0) is 0 Å². The summed E-state index contributed by atoms with van der Waals surface area (Å²) in [5.41, 5.74) is 0. The van der Waals surface area contributed by atoms with Crippen LogP contribution in [0.15, 0.2) is 0 Å². The standard InChI is InChI=1S/Cu.Fe.2O.Ti/q;;2*-2;+4. The molecule has 0 unspecified atom stereocenters. The van der Waals surface area contributed by atoms with Crippen molar-refractivity contribution in [3.05, 3.63) is 0 Å². The van der Waals surface area contributed by atoms with Gasteiger partial charge in [0.2, 0.25) is 0 Å². The maximum Gasteiger partial charge on any atom is 4.00 e. The second kappa shape index (κ2) is 44.3. The van der Waals surface area contributed by atoms with Crippen LogP contribution >= 0.6 is 0 Å². The quantitative estimate of drug-likeness (QED) is 0.483. The maximum absolute atomic E-state index is 0. The molecule has 5 heteroatoms. The van der Waals surface area contributed by atoms with Crippen LogP contribution in [0.3, 0.4) is 0 Å². The van der Waals surface area contributed by atoms with Crippen LogP contribution in [0.5, 0.6) is 0 Å². The van der Waals surface area contributed by atoms with E-state index in [-0.39, 0.29) is 66.8 Å². The van der Waals surface area contributed by atoms with Gasteiger partial charge >= 0.3 is 21.7 Å². The molecule has 0 aromatic heterocycles. The molecule has 0 bridgehead atoms. The molecular formula is CuFeO2Ti. The van der Waals surface area contributed by atoms with Crippen molar-refractivity contribution in [3.63, 3.8) is 0 Å². The van der Waals surface area contributed by atoms with Crippen molar-refractivity contribution >= 4 is 0 Å². The van der Waals surface area contributed by atoms with Gasteiger partial charge in [0.15, 0.2) is 0 Å². The Hall–Kier alpha value is 1.67. The van der Waals surface area contributed by atoms with Gasteiger partial charge in [0.1, 0.15) is 0 Å². The minimum atomic E-state index is 0. The summed E-state index contributed by atoms with van der Waals surface area (Å²) in [6.45, 7) is 0. The summed E-state index contributed by atoms with van der Waals surface area (Å²) < 4.78 is 0. The molecule has 5 heavy (non-hydrogen) atoms. The molecule has 0 atom stereocenters. The molecule has 0 N–H and O–H groups in total. The first-order chi connectivity index (χ1) is 0. The van der Waals surface area contributed by atoms with Crippen LogP contribution in [0.4, 0.5) is 0 Å². The van der Waals surface area contributed by atoms with Crippen molar-refractivity contribution in [2.24, 2.45) is 0 Å². The first-order valence-corrected chi connectivity index (χ1v) is 0. The van der Waals surface area contributed by atoms with Crippen molar-refractivity contribution in [1.82, 2.24) is 0 Å². The number of hydrogen-bond acceptors (Lipinski definition) is 0. The van der Waals surface area contributed by atoms with Gasteiger partial charge in [-0.3, -0.25) is 0 Å². The number of rotatable bonds is 0. The third-order valence-electron chi connectivity index (χ3n) is 0. The smallest absolute Gasteiger partial charge is 2.00 e. The van der Waals surface area contributed by atoms with Crippen molar-refractivity contribution in [2.75, 3.05) is 0 Å². The SMILES string of the molecule is [Cu].[Fe].[O-2].[O-2].[Ti+4]. The van der Waals surface area contributed by atoms with Gasteiger partial charge in [0.05, 0.1) is 0 Å². The van der Waals surface area contributed by atoms with Crippen LogP contribution in [0.2, 0.25) is 0 Å². The van der Waals surface area contributed by atoms with E-state index >= 15 is 0 Å². The Balaban J connectivity index is 0. The van der Waals surface area contributed by atoms with Crippen molar-refractivity contribution < 1.29 is 66.8 Å². The van der Waals surface area contributed by atoms with Gasteiger partial charge in [-0.25, -0.2) is 0 Å². The molecule has 0 amide bonds. The topological polar surface area (TPSA) is 57.0 Å². The summed E-state index contributed by atoms with van der Waals surface area (Å²) in [5, 5.41) is 0. The molecule has 2 nitrogen and oxygen atoms in total. The van der Waals surface area contributed by atoms with E-state index in [0.717, 1.165) is 0 Å². The van der Waals surface area contributed by atoms with Gasteiger partial charge in [0.25, 0.3) is 0 Å². The molecular weight excluding hydrogens is 199 g/mol.